The highest BCUT2D eigenvalue weighted by molar-refractivity contribution is 5.87. The number of carbonyl (C=O) groups is 1. The van der Waals surface area contributed by atoms with Gasteiger partial charge in [0.1, 0.15) is 22.4 Å². The molecule has 7 fully saturated rings. The molecule has 0 amide bonds. The monoisotopic (exact) mass is 591 g/mol. The highest BCUT2D eigenvalue weighted by Gasteiger charge is 2.88. The van der Waals surface area contributed by atoms with Crippen molar-refractivity contribution < 1.29 is 44.9 Å². The maximum atomic E-state index is 12.9. The number of aliphatic hydroxyl groups is 6. The molecule has 4 saturated carbocycles. The molecule has 0 unspecified atom stereocenters. The van der Waals surface area contributed by atoms with Crippen LogP contribution < -0.4 is 0 Å². The van der Waals surface area contributed by atoms with E-state index < -0.39 is 75.1 Å². The molecule has 1 spiro atoms. The van der Waals surface area contributed by atoms with Crippen molar-refractivity contribution in [2.75, 3.05) is 13.1 Å². The van der Waals surface area contributed by atoms with Gasteiger partial charge in [0.05, 0.1) is 11.7 Å². The predicted molar refractivity (Wildman–Crippen MR) is 150 cm³/mol. The minimum absolute atomic E-state index is 0.0606. The molecule has 3 saturated heterocycles. The zero-order valence-electron chi connectivity index (χ0n) is 25.5. The summed E-state index contributed by atoms with van der Waals surface area (Å²) in [5, 5.41) is 73.9. The van der Waals surface area contributed by atoms with E-state index in [4.69, 9.17) is 9.47 Å². The lowest BCUT2D eigenvalue weighted by molar-refractivity contribution is -0.354. The third-order valence-electron chi connectivity index (χ3n) is 14.1. The molecule has 10 nitrogen and oxygen atoms in total. The molecule has 7 aliphatic rings. The van der Waals surface area contributed by atoms with Crippen molar-refractivity contribution in [3.8, 4) is 0 Å². The number of hydrogen-bond donors (Lipinski definition) is 6. The van der Waals surface area contributed by atoms with Crippen LogP contribution in [0, 0.1) is 29.1 Å². The fourth-order valence-electron chi connectivity index (χ4n) is 11.8. The number of piperidine rings is 2. The highest BCUT2D eigenvalue weighted by atomic mass is 16.7. The number of nitrogens with zero attached hydrogens (tertiary/aromatic N) is 1. The maximum absolute atomic E-state index is 12.9. The van der Waals surface area contributed by atoms with Crippen molar-refractivity contribution >= 4 is 5.97 Å². The first kappa shape index (κ1) is 29.6. The minimum Gasteiger partial charge on any atom is -0.453 e. The summed E-state index contributed by atoms with van der Waals surface area (Å²) in [5.41, 5.74) is -8.96. The summed E-state index contributed by atoms with van der Waals surface area (Å²) in [4.78, 5) is 14.9. The van der Waals surface area contributed by atoms with Crippen LogP contribution in [-0.4, -0.2) is 107 Å². The third kappa shape index (κ3) is 3.07. The number of rotatable bonds is 2. The largest absolute Gasteiger partial charge is 0.453 e. The number of aliphatic hydroxyl groups excluding tert-OH is 1. The summed E-state index contributed by atoms with van der Waals surface area (Å²) in [6.07, 6.45) is 2.30. The Labute approximate surface area is 247 Å². The van der Waals surface area contributed by atoms with E-state index in [1.807, 2.05) is 6.92 Å². The zero-order valence-corrected chi connectivity index (χ0v) is 25.5. The molecule has 6 N–H and O–H groups in total. The third-order valence-corrected chi connectivity index (χ3v) is 14.1. The summed E-state index contributed by atoms with van der Waals surface area (Å²) in [7, 11) is 0. The van der Waals surface area contributed by atoms with Crippen LogP contribution in [0.2, 0.25) is 0 Å². The lowest BCUT2D eigenvalue weighted by atomic mass is 9.49. The number of allylic oxidation sites excluding steroid dienone is 1. The van der Waals surface area contributed by atoms with E-state index in [-0.39, 0.29) is 25.4 Å². The molecule has 0 aromatic heterocycles. The zero-order chi connectivity index (χ0) is 30.5. The van der Waals surface area contributed by atoms with Crippen molar-refractivity contribution in [1.82, 2.24) is 4.90 Å². The highest BCUT2D eigenvalue weighted by Crippen LogP contribution is 2.78. The van der Waals surface area contributed by atoms with E-state index in [1.54, 1.807) is 26.8 Å². The van der Waals surface area contributed by atoms with Gasteiger partial charge in [-0.3, -0.25) is 4.90 Å². The van der Waals surface area contributed by atoms with Gasteiger partial charge in [-0.2, -0.15) is 0 Å². The average molecular weight is 592 g/mol. The van der Waals surface area contributed by atoms with Gasteiger partial charge in [0.25, 0.3) is 0 Å². The Hall–Kier alpha value is -1.11. The lowest BCUT2D eigenvalue weighted by Gasteiger charge is -2.68. The Bertz CT molecular complexity index is 1220. The normalized spacial score (nSPS) is 60.3. The quantitative estimate of drug-likeness (QED) is 0.202. The van der Waals surface area contributed by atoms with Crippen LogP contribution in [0.5, 0.6) is 0 Å². The van der Waals surface area contributed by atoms with Crippen LogP contribution in [0.4, 0.5) is 0 Å². The first-order valence-corrected chi connectivity index (χ1v) is 16.0. The van der Waals surface area contributed by atoms with Crippen LogP contribution >= 0.6 is 0 Å². The number of esters is 1. The Morgan fingerprint density at radius 3 is 2.33 bits per heavy atom. The van der Waals surface area contributed by atoms with Crippen LogP contribution in [0.1, 0.15) is 86.0 Å². The van der Waals surface area contributed by atoms with Crippen molar-refractivity contribution in [2.24, 2.45) is 29.1 Å². The van der Waals surface area contributed by atoms with Crippen LogP contribution in [0.3, 0.4) is 0 Å². The molecule has 14 atom stereocenters. The van der Waals surface area contributed by atoms with Crippen molar-refractivity contribution in [1.29, 1.82) is 0 Å². The topological polar surface area (TPSA) is 160 Å². The summed E-state index contributed by atoms with van der Waals surface area (Å²) >= 11 is 0. The second-order valence-corrected chi connectivity index (χ2v) is 15.7. The molecule has 0 aromatic carbocycles. The maximum Gasteiger partial charge on any atom is 0.333 e. The van der Waals surface area contributed by atoms with Crippen LogP contribution in [0.15, 0.2) is 11.6 Å². The van der Waals surface area contributed by atoms with Gasteiger partial charge in [-0.25, -0.2) is 4.79 Å². The van der Waals surface area contributed by atoms with Gasteiger partial charge < -0.3 is 40.1 Å². The molecular formula is C32H49NO9. The van der Waals surface area contributed by atoms with Crippen molar-refractivity contribution in [3.05, 3.63) is 11.6 Å². The van der Waals surface area contributed by atoms with Gasteiger partial charge in [0.15, 0.2) is 6.10 Å². The molecule has 10 heteroatoms. The summed E-state index contributed by atoms with van der Waals surface area (Å²) in [6, 6.07) is -0.387. The van der Waals surface area contributed by atoms with E-state index in [0.29, 0.717) is 50.1 Å². The molecular weight excluding hydrogens is 542 g/mol. The van der Waals surface area contributed by atoms with Gasteiger partial charge >= 0.3 is 5.97 Å². The standard InChI is InChI=1S/C32H49NO9/c1-6-18(3)25(35)41-24-11-12-26(4)19-8-9-20-28(37)13-23(34)31(39)21(29(28,38)16-30(20,26)42-32(19,24)40)15-33-14-17(2)7-10-22(33)27(31,5)36/h6,17,19-24,34,36-40H,7-16H2,1-5H3/b18-6+/t17-,19-,20+,21+,22-,23-,24+,26-,27-,28+,29+,30-,31-,32+/m1/s1. The van der Waals surface area contributed by atoms with Crippen LogP contribution in [-0.2, 0) is 14.3 Å². The fourth-order valence-corrected chi connectivity index (χ4v) is 11.8. The molecule has 0 radical (unpaired) electrons. The number of ether oxygens (including phenoxy) is 2. The van der Waals surface area contributed by atoms with E-state index in [1.165, 1.54) is 0 Å². The second kappa shape index (κ2) is 8.57. The molecule has 236 valence electrons. The molecule has 4 aliphatic carbocycles. The molecule has 4 bridgehead atoms. The lowest BCUT2D eigenvalue weighted by Crippen LogP contribution is -2.85. The number of hydrogen-bond acceptors (Lipinski definition) is 10. The smallest absolute Gasteiger partial charge is 0.333 e. The number of carbonyl (C=O) groups excluding carboxylic acids is 1. The molecule has 42 heavy (non-hydrogen) atoms. The fraction of sp³-hybridized carbons (Fsp3) is 0.906. The van der Waals surface area contributed by atoms with E-state index in [0.717, 1.165) is 6.42 Å². The first-order chi connectivity index (χ1) is 19.5. The van der Waals surface area contributed by atoms with Gasteiger partial charge in [-0.1, -0.05) is 19.9 Å². The SMILES string of the molecule is C/C=C(\C)C(=O)O[C@H]1CC[C@]2(C)[C@H]3CC[C@H]4[C@@]5(O)C[C@@H](O)[C@]6(O)[C@@H](CN7C[C@H](C)CC[C@@H]7[C@@]6(C)O)[C@@]5(O)C[C@@]42O[C@]13O. The minimum atomic E-state index is -2.06. The van der Waals surface area contributed by atoms with Gasteiger partial charge in [-0.05, 0) is 65.2 Å². The van der Waals surface area contributed by atoms with E-state index >= 15 is 0 Å². The Balaban J connectivity index is 1.32. The summed E-state index contributed by atoms with van der Waals surface area (Å²) in [6.45, 7) is 10.1. The van der Waals surface area contributed by atoms with Crippen molar-refractivity contribution in [2.45, 2.75) is 138 Å². The summed E-state index contributed by atoms with van der Waals surface area (Å²) < 4.78 is 12.6. The predicted octanol–water partition coefficient (Wildman–Crippen LogP) is 0.991. The van der Waals surface area contributed by atoms with Crippen LogP contribution in [0.25, 0.3) is 0 Å². The molecule has 7 rings (SSSR count). The van der Waals surface area contributed by atoms with Crippen molar-refractivity contribution in [3.63, 3.8) is 0 Å². The number of fused-ring (bicyclic) bond motifs is 5. The summed E-state index contributed by atoms with van der Waals surface area (Å²) in [5.74, 6) is -4.05. The first-order valence-electron chi connectivity index (χ1n) is 16.0. The van der Waals surface area contributed by atoms with E-state index in [2.05, 4.69) is 11.8 Å². The Kier molecular flexibility index (Phi) is 6.04. The van der Waals surface area contributed by atoms with Gasteiger partial charge in [0, 0.05) is 60.7 Å². The molecule has 3 heterocycles. The van der Waals surface area contributed by atoms with Gasteiger partial charge in [-0.15, -0.1) is 0 Å². The second-order valence-electron chi connectivity index (χ2n) is 15.7. The Morgan fingerprint density at radius 2 is 1.64 bits per heavy atom. The average Bonchev–Trinajstić information content (AvgIpc) is 3.09. The van der Waals surface area contributed by atoms with E-state index in [9.17, 15) is 35.4 Å². The van der Waals surface area contributed by atoms with Gasteiger partial charge in [0.2, 0.25) is 5.79 Å². The molecule has 3 aliphatic heterocycles. The Morgan fingerprint density at radius 1 is 0.952 bits per heavy atom. The molecule has 0 aromatic rings.